The molecule has 2 nitrogen and oxygen atoms in total. The normalized spacial score (nSPS) is 17.3. The van der Waals surface area contributed by atoms with Crippen LogP contribution in [0.3, 0.4) is 0 Å². The molecule has 0 amide bonds. The zero-order valence-corrected chi connectivity index (χ0v) is 9.75. The molecule has 85 valence electrons. The van der Waals surface area contributed by atoms with Crippen LogP contribution < -0.4 is 5.73 Å². The van der Waals surface area contributed by atoms with Crippen LogP contribution in [0.2, 0.25) is 0 Å². The Morgan fingerprint density at radius 3 is 2.69 bits per heavy atom. The molecule has 0 aromatic heterocycles. The average molecular weight is 216 g/mol. The zero-order chi connectivity index (χ0) is 11.5. The molecule has 1 aliphatic rings. The lowest BCUT2D eigenvalue weighted by Gasteiger charge is -2.25. The van der Waals surface area contributed by atoms with Gasteiger partial charge in [0.25, 0.3) is 0 Å². The molecule has 2 rings (SSSR count). The molecular weight excluding hydrogens is 198 g/mol. The second kappa shape index (κ2) is 4.69. The van der Waals surface area contributed by atoms with Gasteiger partial charge in [-0.3, -0.25) is 4.79 Å². The number of Topliss-reactive ketones (excluding diaryl/α,β-unsaturated/α-hetero) is 1. The Kier molecular flexibility index (Phi) is 3.28. The van der Waals surface area contributed by atoms with Crippen molar-refractivity contribution in [2.75, 3.05) is 5.73 Å². The molecule has 1 aromatic rings. The lowest BCUT2D eigenvalue weighted by molar-refractivity contribution is 0.101. The summed E-state index contributed by atoms with van der Waals surface area (Å²) in [5.41, 5.74) is 8.49. The monoisotopic (exact) mass is 216 g/mol. The van der Waals surface area contributed by atoms with Crippen LogP contribution >= 0.6 is 0 Å². The predicted molar refractivity (Wildman–Crippen MR) is 65.5 cm³/mol. The molecule has 0 atom stereocenters. The van der Waals surface area contributed by atoms with Gasteiger partial charge in [-0.15, -0.1) is 0 Å². The predicted octanol–water partition coefficient (Wildman–Crippen LogP) is 3.32. The second-order valence-electron chi connectivity index (χ2n) is 4.61. The van der Waals surface area contributed by atoms with Crippen LogP contribution in [0, 0.1) is 6.07 Å². The van der Waals surface area contributed by atoms with Crippen molar-refractivity contribution in [3.8, 4) is 0 Å². The molecule has 0 unspecified atom stereocenters. The number of nitrogens with two attached hydrogens (primary N) is 1. The van der Waals surface area contributed by atoms with E-state index in [1.165, 1.54) is 19.3 Å². The fourth-order valence-electron chi connectivity index (χ4n) is 2.67. The fourth-order valence-corrected chi connectivity index (χ4v) is 2.67. The van der Waals surface area contributed by atoms with Gasteiger partial charge in [-0.2, -0.15) is 0 Å². The molecule has 0 bridgehead atoms. The lowest BCUT2D eigenvalue weighted by atomic mass is 9.80. The number of anilines is 1. The third-order valence-electron chi connectivity index (χ3n) is 3.46. The largest absolute Gasteiger partial charge is 0.398 e. The molecule has 1 aromatic carbocycles. The third-order valence-corrected chi connectivity index (χ3v) is 3.46. The van der Waals surface area contributed by atoms with E-state index in [1.807, 2.05) is 6.07 Å². The Balaban J connectivity index is 2.40. The molecule has 0 saturated heterocycles. The lowest BCUT2D eigenvalue weighted by Crippen LogP contribution is -2.12. The summed E-state index contributed by atoms with van der Waals surface area (Å²) in [6.07, 6.45) is 6.11. The molecule has 0 aliphatic heterocycles. The summed E-state index contributed by atoms with van der Waals surface area (Å²) in [6, 6.07) is 6.62. The van der Waals surface area contributed by atoms with Gasteiger partial charge in [0.15, 0.2) is 5.78 Å². The van der Waals surface area contributed by atoms with Crippen molar-refractivity contribution in [1.29, 1.82) is 0 Å². The molecule has 1 saturated carbocycles. The van der Waals surface area contributed by atoms with Crippen LogP contribution in [-0.2, 0) is 0 Å². The topological polar surface area (TPSA) is 43.1 Å². The SMILES string of the molecule is CC(=O)c1cc[c]c(N)c1C1CCCCC1. The number of carbonyl (C=O) groups is 1. The standard InChI is InChI=1S/C14H18NO/c1-10(16)12-8-5-9-13(15)14(12)11-6-3-2-4-7-11/h5,8,11H,2-4,6-7,15H2,1H3. The Hall–Kier alpha value is -1.31. The van der Waals surface area contributed by atoms with Crippen molar-refractivity contribution in [3.05, 3.63) is 29.3 Å². The van der Waals surface area contributed by atoms with E-state index in [2.05, 4.69) is 6.07 Å². The van der Waals surface area contributed by atoms with E-state index in [-0.39, 0.29) is 5.78 Å². The summed E-state index contributed by atoms with van der Waals surface area (Å²) in [6.45, 7) is 1.61. The number of hydrogen-bond donors (Lipinski definition) is 1. The highest BCUT2D eigenvalue weighted by molar-refractivity contribution is 5.97. The second-order valence-corrected chi connectivity index (χ2v) is 4.61. The van der Waals surface area contributed by atoms with Gasteiger partial charge in [-0.25, -0.2) is 0 Å². The summed E-state index contributed by atoms with van der Waals surface area (Å²) in [5, 5.41) is 0. The Morgan fingerprint density at radius 1 is 1.38 bits per heavy atom. The molecule has 2 N–H and O–H groups in total. The first-order valence-corrected chi connectivity index (χ1v) is 6.01. The number of rotatable bonds is 2. The molecule has 1 radical (unpaired) electrons. The first kappa shape index (κ1) is 11.2. The van der Waals surface area contributed by atoms with E-state index >= 15 is 0 Å². The molecule has 1 aliphatic carbocycles. The zero-order valence-electron chi connectivity index (χ0n) is 9.75. The molecule has 1 fully saturated rings. The highest BCUT2D eigenvalue weighted by Crippen LogP contribution is 2.37. The Morgan fingerprint density at radius 2 is 2.06 bits per heavy atom. The van der Waals surface area contributed by atoms with Crippen molar-refractivity contribution in [1.82, 2.24) is 0 Å². The van der Waals surface area contributed by atoms with Crippen molar-refractivity contribution in [3.63, 3.8) is 0 Å². The maximum Gasteiger partial charge on any atom is 0.160 e. The maximum absolute atomic E-state index is 11.6. The summed E-state index contributed by atoms with van der Waals surface area (Å²) in [7, 11) is 0. The molecule has 2 heteroatoms. The van der Waals surface area contributed by atoms with Crippen LogP contribution in [0.5, 0.6) is 0 Å². The highest BCUT2D eigenvalue weighted by Gasteiger charge is 2.22. The fraction of sp³-hybridized carbons (Fsp3) is 0.500. The van der Waals surface area contributed by atoms with E-state index in [9.17, 15) is 4.79 Å². The van der Waals surface area contributed by atoms with Crippen molar-refractivity contribution < 1.29 is 4.79 Å². The van der Waals surface area contributed by atoms with Crippen LogP contribution in [0.1, 0.15) is 60.9 Å². The smallest absolute Gasteiger partial charge is 0.160 e. The molecular formula is C14H18NO. The Labute approximate surface area is 96.8 Å². The summed E-state index contributed by atoms with van der Waals surface area (Å²) < 4.78 is 0. The van der Waals surface area contributed by atoms with Gasteiger partial charge < -0.3 is 5.73 Å². The first-order chi connectivity index (χ1) is 7.70. The van der Waals surface area contributed by atoms with Gasteiger partial charge in [-0.1, -0.05) is 31.4 Å². The van der Waals surface area contributed by atoms with Crippen molar-refractivity contribution >= 4 is 11.5 Å². The van der Waals surface area contributed by atoms with Crippen LogP contribution in [0.25, 0.3) is 0 Å². The van der Waals surface area contributed by atoms with Gasteiger partial charge in [0, 0.05) is 17.3 Å². The number of hydrogen-bond acceptors (Lipinski definition) is 2. The third kappa shape index (κ3) is 2.11. The number of benzene rings is 1. The van der Waals surface area contributed by atoms with E-state index < -0.39 is 0 Å². The minimum Gasteiger partial charge on any atom is -0.398 e. The number of nitrogen functional groups attached to an aromatic ring is 1. The van der Waals surface area contributed by atoms with Crippen LogP contribution in [0.15, 0.2) is 12.1 Å². The highest BCUT2D eigenvalue weighted by atomic mass is 16.1. The maximum atomic E-state index is 11.6. The van der Waals surface area contributed by atoms with Crippen molar-refractivity contribution in [2.24, 2.45) is 0 Å². The van der Waals surface area contributed by atoms with E-state index in [4.69, 9.17) is 5.73 Å². The van der Waals surface area contributed by atoms with E-state index in [0.717, 1.165) is 24.0 Å². The molecule has 0 spiro atoms. The number of ketones is 1. The van der Waals surface area contributed by atoms with Gasteiger partial charge in [0.2, 0.25) is 0 Å². The number of carbonyl (C=O) groups excluding carboxylic acids is 1. The van der Waals surface area contributed by atoms with Gasteiger partial charge in [0.1, 0.15) is 0 Å². The minimum absolute atomic E-state index is 0.112. The van der Waals surface area contributed by atoms with Crippen LogP contribution in [-0.4, -0.2) is 5.78 Å². The summed E-state index contributed by atoms with van der Waals surface area (Å²) >= 11 is 0. The van der Waals surface area contributed by atoms with E-state index in [0.29, 0.717) is 11.6 Å². The van der Waals surface area contributed by atoms with Crippen LogP contribution in [0.4, 0.5) is 5.69 Å². The molecule has 16 heavy (non-hydrogen) atoms. The summed E-state index contributed by atoms with van der Waals surface area (Å²) in [5.74, 6) is 0.575. The minimum atomic E-state index is 0.112. The van der Waals surface area contributed by atoms with Crippen molar-refractivity contribution in [2.45, 2.75) is 44.9 Å². The van der Waals surface area contributed by atoms with Gasteiger partial charge >= 0.3 is 0 Å². The molecule has 0 heterocycles. The quantitative estimate of drug-likeness (QED) is 0.608. The summed E-state index contributed by atoms with van der Waals surface area (Å²) in [4.78, 5) is 11.6. The first-order valence-electron chi connectivity index (χ1n) is 6.01. The van der Waals surface area contributed by atoms with E-state index in [1.54, 1.807) is 13.0 Å². The Bertz CT molecular complexity index is 392. The average Bonchev–Trinajstić information content (AvgIpc) is 2.29. The van der Waals surface area contributed by atoms with Gasteiger partial charge in [-0.05, 0) is 31.2 Å². The van der Waals surface area contributed by atoms with Gasteiger partial charge in [0.05, 0.1) is 0 Å².